The van der Waals surface area contributed by atoms with Gasteiger partial charge in [-0.25, -0.2) is 0 Å². The minimum atomic E-state index is -0.726. The summed E-state index contributed by atoms with van der Waals surface area (Å²) in [6.45, 7) is 0. The third kappa shape index (κ3) is 2.84. The Labute approximate surface area is 116 Å². The van der Waals surface area contributed by atoms with Crippen LogP contribution in [0, 0.1) is 5.92 Å². The third-order valence-electron chi connectivity index (χ3n) is 4.26. The molecule has 0 bridgehead atoms. The van der Waals surface area contributed by atoms with Crippen molar-refractivity contribution in [2.24, 2.45) is 5.92 Å². The summed E-state index contributed by atoms with van der Waals surface area (Å²) in [5.74, 6) is -0.590. The van der Waals surface area contributed by atoms with Crippen molar-refractivity contribution in [3.63, 3.8) is 0 Å². The Bertz CT molecular complexity index is 513. The largest absolute Gasteiger partial charge is 0.481 e. The number of hydrogen-bond donors (Lipinski definition) is 3. The lowest BCUT2D eigenvalue weighted by atomic mass is 9.86. The topological polar surface area (TPSA) is 95.1 Å². The smallest absolute Gasteiger partial charge is 0.306 e. The Kier molecular flexibility index (Phi) is 3.46. The van der Waals surface area contributed by atoms with Gasteiger partial charge < -0.3 is 10.4 Å². The van der Waals surface area contributed by atoms with E-state index in [9.17, 15) is 9.59 Å². The maximum Gasteiger partial charge on any atom is 0.306 e. The van der Waals surface area contributed by atoms with Crippen molar-refractivity contribution < 1.29 is 14.7 Å². The molecule has 1 aromatic heterocycles. The molecule has 3 N–H and O–H groups in total. The molecule has 2 aliphatic rings. The second-order valence-corrected chi connectivity index (χ2v) is 5.84. The Balaban J connectivity index is 1.52. The van der Waals surface area contributed by atoms with Crippen LogP contribution in [0.15, 0.2) is 6.07 Å². The summed E-state index contributed by atoms with van der Waals surface area (Å²) in [4.78, 5) is 23.0. The van der Waals surface area contributed by atoms with Gasteiger partial charge in [-0.15, -0.1) is 0 Å². The second-order valence-electron chi connectivity index (χ2n) is 5.84. The predicted molar refractivity (Wildman–Crippen MR) is 71.4 cm³/mol. The number of carbonyl (C=O) groups excluding carboxylic acids is 1. The highest BCUT2D eigenvalue weighted by atomic mass is 16.4. The number of rotatable bonds is 4. The van der Waals surface area contributed by atoms with Crippen molar-refractivity contribution in [3.8, 4) is 0 Å². The molecule has 0 spiro atoms. The Morgan fingerprint density at radius 1 is 1.20 bits per heavy atom. The van der Waals surface area contributed by atoms with Gasteiger partial charge in [0.15, 0.2) is 0 Å². The molecule has 2 fully saturated rings. The molecule has 6 heteroatoms. The van der Waals surface area contributed by atoms with Crippen molar-refractivity contribution >= 4 is 11.9 Å². The quantitative estimate of drug-likeness (QED) is 0.780. The van der Waals surface area contributed by atoms with Gasteiger partial charge in [0.05, 0.1) is 5.92 Å². The molecule has 1 amide bonds. The van der Waals surface area contributed by atoms with E-state index in [4.69, 9.17) is 5.11 Å². The van der Waals surface area contributed by atoms with Crippen LogP contribution in [0.3, 0.4) is 0 Å². The monoisotopic (exact) mass is 277 g/mol. The van der Waals surface area contributed by atoms with Crippen LogP contribution in [0.2, 0.25) is 0 Å². The lowest BCUT2D eigenvalue weighted by Crippen LogP contribution is -2.38. The van der Waals surface area contributed by atoms with Crippen LogP contribution in [-0.4, -0.2) is 33.2 Å². The van der Waals surface area contributed by atoms with Crippen LogP contribution in [0.1, 0.15) is 60.6 Å². The fraction of sp³-hybridized carbons (Fsp3) is 0.643. The van der Waals surface area contributed by atoms with E-state index >= 15 is 0 Å². The number of nitrogens with one attached hydrogen (secondary N) is 2. The van der Waals surface area contributed by atoms with E-state index in [2.05, 4.69) is 15.5 Å². The summed E-state index contributed by atoms with van der Waals surface area (Å²) in [5.41, 5.74) is 1.48. The third-order valence-corrected chi connectivity index (χ3v) is 4.26. The van der Waals surface area contributed by atoms with E-state index in [0.717, 1.165) is 18.5 Å². The lowest BCUT2D eigenvalue weighted by Gasteiger charge is -2.26. The Morgan fingerprint density at radius 2 is 1.90 bits per heavy atom. The summed E-state index contributed by atoms with van der Waals surface area (Å²) >= 11 is 0. The minimum Gasteiger partial charge on any atom is -0.481 e. The molecule has 0 aromatic carbocycles. The number of aromatic amines is 1. The number of nitrogens with zero attached hydrogens (tertiary/aromatic N) is 1. The molecule has 0 saturated heterocycles. The zero-order chi connectivity index (χ0) is 14.1. The molecule has 0 radical (unpaired) electrons. The highest BCUT2D eigenvalue weighted by molar-refractivity contribution is 5.92. The molecule has 1 heterocycles. The van der Waals surface area contributed by atoms with Gasteiger partial charge in [0.2, 0.25) is 0 Å². The fourth-order valence-corrected chi connectivity index (χ4v) is 2.80. The van der Waals surface area contributed by atoms with E-state index in [0.29, 0.717) is 24.5 Å². The SMILES string of the molecule is O=C(NC1CCC(C(=O)O)CC1)c1cc(C2CC2)[nH]n1. The van der Waals surface area contributed by atoms with Crippen LogP contribution < -0.4 is 5.32 Å². The molecule has 1 aromatic rings. The number of carbonyl (C=O) groups is 2. The van der Waals surface area contributed by atoms with Gasteiger partial charge in [0, 0.05) is 17.7 Å². The van der Waals surface area contributed by atoms with E-state index in [-0.39, 0.29) is 17.9 Å². The first-order valence-corrected chi connectivity index (χ1v) is 7.22. The molecule has 0 unspecified atom stereocenters. The number of aliphatic carboxylic acids is 1. The lowest BCUT2D eigenvalue weighted by molar-refractivity contribution is -0.142. The van der Waals surface area contributed by atoms with Gasteiger partial charge in [0.1, 0.15) is 5.69 Å². The minimum absolute atomic E-state index is 0.0687. The summed E-state index contributed by atoms with van der Waals surface area (Å²) < 4.78 is 0. The molecule has 0 aliphatic heterocycles. The van der Waals surface area contributed by atoms with E-state index in [1.54, 1.807) is 0 Å². The van der Waals surface area contributed by atoms with Crippen LogP contribution in [0.25, 0.3) is 0 Å². The molecule has 0 atom stereocenters. The summed E-state index contributed by atoms with van der Waals surface area (Å²) in [7, 11) is 0. The first-order valence-electron chi connectivity index (χ1n) is 7.22. The molecular formula is C14H19N3O3. The van der Waals surface area contributed by atoms with Crippen LogP contribution in [0.4, 0.5) is 0 Å². The second kappa shape index (κ2) is 5.26. The maximum atomic E-state index is 12.1. The van der Waals surface area contributed by atoms with Crippen LogP contribution in [-0.2, 0) is 4.79 Å². The predicted octanol–water partition coefficient (Wildman–Crippen LogP) is 1.66. The standard InChI is InChI=1S/C14H19N3O3/c18-13(12-7-11(16-17-12)8-1-2-8)15-10-5-3-9(4-6-10)14(19)20/h7-10H,1-6H2,(H,15,18)(H,16,17)(H,19,20). The summed E-state index contributed by atoms with van der Waals surface area (Å²) in [5, 5.41) is 18.9. The van der Waals surface area contributed by atoms with Gasteiger partial charge in [-0.05, 0) is 44.6 Å². The van der Waals surface area contributed by atoms with Crippen LogP contribution >= 0.6 is 0 Å². The summed E-state index contributed by atoms with van der Waals surface area (Å²) in [6, 6.07) is 1.90. The zero-order valence-corrected chi connectivity index (χ0v) is 11.3. The summed E-state index contributed by atoms with van der Waals surface area (Å²) in [6.07, 6.45) is 5.05. The van der Waals surface area contributed by atoms with Crippen molar-refractivity contribution in [1.82, 2.24) is 15.5 Å². The number of amides is 1. The first-order chi connectivity index (χ1) is 9.63. The Morgan fingerprint density at radius 3 is 2.50 bits per heavy atom. The molecule has 6 nitrogen and oxygen atoms in total. The molecule has 20 heavy (non-hydrogen) atoms. The van der Waals surface area contributed by atoms with E-state index in [1.165, 1.54) is 12.8 Å². The van der Waals surface area contributed by atoms with Crippen molar-refractivity contribution in [2.75, 3.05) is 0 Å². The number of carboxylic acid groups (broad SMARTS) is 1. The maximum absolute atomic E-state index is 12.1. The van der Waals surface area contributed by atoms with E-state index in [1.807, 2.05) is 6.07 Å². The Hall–Kier alpha value is -1.85. The molecule has 108 valence electrons. The number of hydrogen-bond acceptors (Lipinski definition) is 3. The average Bonchev–Trinajstić information content (AvgIpc) is 3.17. The van der Waals surface area contributed by atoms with Crippen molar-refractivity contribution in [1.29, 1.82) is 0 Å². The van der Waals surface area contributed by atoms with Gasteiger partial charge in [-0.2, -0.15) is 5.10 Å². The number of carboxylic acids is 1. The van der Waals surface area contributed by atoms with Crippen molar-refractivity contribution in [2.45, 2.75) is 50.5 Å². The van der Waals surface area contributed by atoms with Gasteiger partial charge in [-0.1, -0.05) is 0 Å². The number of H-pyrrole nitrogens is 1. The zero-order valence-electron chi connectivity index (χ0n) is 11.3. The van der Waals surface area contributed by atoms with Crippen molar-refractivity contribution in [3.05, 3.63) is 17.5 Å². The highest BCUT2D eigenvalue weighted by Crippen LogP contribution is 2.39. The number of aromatic nitrogens is 2. The van der Waals surface area contributed by atoms with Crippen LogP contribution in [0.5, 0.6) is 0 Å². The van der Waals surface area contributed by atoms with Gasteiger partial charge in [0.25, 0.3) is 5.91 Å². The van der Waals surface area contributed by atoms with Gasteiger partial charge >= 0.3 is 5.97 Å². The fourth-order valence-electron chi connectivity index (χ4n) is 2.80. The van der Waals surface area contributed by atoms with E-state index < -0.39 is 5.97 Å². The molecule has 3 rings (SSSR count). The molecule has 2 saturated carbocycles. The van der Waals surface area contributed by atoms with Gasteiger partial charge in [-0.3, -0.25) is 14.7 Å². The molecule has 2 aliphatic carbocycles. The molecular weight excluding hydrogens is 258 g/mol. The first kappa shape index (κ1) is 13.1. The normalized spacial score (nSPS) is 26.2. The average molecular weight is 277 g/mol. The highest BCUT2D eigenvalue weighted by Gasteiger charge is 2.29.